The van der Waals surface area contributed by atoms with Crippen molar-refractivity contribution in [1.82, 2.24) is 20.0 Å². The van der Waals surface area contributed by atoms with Gasteiger partial charge in [-0.2, -0.15) is 5.26 Å². The lowest BCUT2D eigenvalue weighted by molar-refractivity contribution is 0.0696. The van der Waals surface area contributed by atoms with Crippen LogP contribution in [-0.4, -0.2) is 37.6 Å². The third-order valence-corrected chi connectivity index (χ3v) is 6.97. The average Bonchev–Trinajstić information content (AvgIpc) is 3.62. The van der Waals surface area contributed by atoms with Crippen molar-refractivity contribution in [2.45, 2.75) is 45.7 Å². The number of carboxylic acid groups (broad SMARTS) is 1. The number of hydrogen-bond donors (Lipinski definition) is 3. The Morgan fingerprint density at radius 1 is 1.29 bits per heavy atom. The maximum atomic E-state index is 11.7. The summed E-state index contributed by atoms with van der Waals surface area (Å²) in [6.07, 6.45) is 5.66. The highest BCUT2D eigenvalue weighted by atomic mass is 79.9. The maximum Gasteiger partial charge on any atom is 0.335 e. The molecule has 0 aliphatic heterocycles. The van der Waals surface area contributed by atoms with Crippen LogP contribution in [0.25, 0.3) is 10.9 Å². The second-order valence-electron chi connectivity index (χ2n) is 10.8. The summed E-state index contributed by atoms with van der Waals surface area (Å²) >= 11 is 3.66. The van der Waals surface area contributed by atoms with Crippen molar-refractivity contribution < 1.29 is 9.90 Å². The molecule has 1 atom stereocenters. The molecule has 0 saturated heterocycles. The Balaban J connectivity index is 1.59. The first kappa shape index (κ1) is 25.7. The van der Waals surface area contributed by atoms with E-state index in [1.807, 2.05) is 29.1 Å². The van der Waals surface area contributed by atoms with E-state index in [1.54, 1.807) is 24.4 Å². The normalized spacial score (nSPS) is 14.2. The van der Waals surface area contributed by atoms with Crippen LogP contribution in [0.5, 0.6) is 0 Å². The summed E-state index contributed by atoms with van der Waals surface area (Å²) in [4.78, 5) is 16.2. The summed E-state index contributed by atoms with van der Waals surface area (Å²) in [5, 5.41) is 35.9. The van der Waals surface area contributed by atoms with Crippen molar-refractivity contribution in [3.05, 3.63) is 75.6 Å². The fraction of sp³-hybridized carbons (Fsp3) is 0.321. The number of anilines is 2. The summed E-state index contributed by atoms with van der Waals surface area (Å²) in [7, 11) is 0. The molecule has 2 aromatic heterocycles. The third-order valence-electron chi connectivity index (χ3n) is 6.36. The fourth-order valence-corrected chi connectivity index (χ4v) is 4.82. The van der Waals surface area contributed by atoms with Gasteiger partial charge in [-0.05, 0) is 64.0 Å². The van der Waals surface area contributed by atoms with Gasteiger partial charge in [0.2, 0.25) is 0 Å². The predicted molar refractivity (Wildman–Crippen MR) is 149 cm³/mol. The summed E-state index contributed by atoms with van der Waals surface area (Å²) in [6.45, 7) is 7.06. The van der Waals surface area contributed by atoms with Crippen LogP contribution in [0.1, 0.15) is 72.9 Å². The van der Waals surface area contributed by atoms with Gasteiger partial charge < -0.3 is 15.7 Å². The van der Waals surface area contributed by atoms with Gasteiger partial charge in [-0.15, -0.1) is 5.10 Å². The van der Waals surface area contributed by atoms with Gasteiger partial charge in [0.1, 0.15) is 11.8 Å². The molecule has 0 bridgehead atoms. The summed E-state index contributed by atoms with van der Waals surface area (Å²) in [5.41, 5.74) is 4.31. The minimum atomic E-state index is -0.995. The van der Waals surface area contributed by atoms with Gasteiger partial charge in [-0.3, -0.25) is 4.98 Å². The van der Waals surface area contributed by atoms with E-state index >= 15 is 0 Å². The van der Waals surface area contributed by atoms with Crippen LogP contribution in [0.3, 0.4) is 0 Å². The zero-order valence-corrected chi connectivity index (χ0v) is 23.0. The van der Waals surface area contributed by atoms with Crippen molar-refractivity contribution in [2.24, 2.45) is 5.41 Å². The molecule has 5 rings (SSSR count). The van der Waals surface area contributed by atoms with E-state index < -0.39 is 12.0 Å². The highest BCUT2D eigenvalue weighted by molar-refractivity contribution is 9.10. The summed E-state index contributed by atoms with van der Waals surface area (Å²) in [6, 6.07) is 12.9. The number of halogens is 1. The number of aromatic nitrogens is 4. The molecule has 9 nitrogen and oxygen atoms in total. The molecule has 1 aliphatic carbocycles. The maximum absolute atomic E-state index is 11.7. The van der Waals surface area contributed by atoms with Crippen LogP contribution >= 0.6 is 15.9 Å². The highest BCUT2D eigenvalue weighted by Gasteiger charge is 2.27. The third kappa shape index (κ3) is 5.48. The van der Waals surface area contributed by atoms with E-state index in [0.717, 1.165) is 45.2 Å². The van der Waals surface area contributed by atoms with Gasteiger partial charge in [0.05, 0.1) is 40.6 Å². The predicted octanol–water partition coefficient (Wildman–Crippen LogP) is 6.15. The van der Waals surface area contributed by atoms with Gasteiger partial charge in [-0.1, -0.05) is 38.1 Å². The number of nitriles is 1. The molecule has 194 valence electrons. The number of fused-ring (bicyclic) bond motifs is 1. The van der Waals surface area contributed by atoms with Gasteiger partial charge in [0, 0.05) is 28.3 Å². The van der Waals surface area contributed by atoms with E-state index in [9.17, 15) is 15.2 Å². The zero-order chi connectivity index (χ0) is 27.0. The molecule has 0 amide bonds. The summed E-state index contributed by atoms with van der Waals surface area (Å²) < 4.78 is 2.64. The monoisotopic (exact) mass is 573 g/mol. The molecule has 1 unspecified atom stereocenters. The van der Waals surface area contributed by atoms with Crippen LogP contribution in [0.4, 0.5) is 11.4 Å². The molecule has 1 saturated carbocycles. The smallest absolute Gasteiger partial charge is 0.335 e. The topological polar surface area (TPSA) is 129 Å². The largest absolute Gasteiger partial charge is 0.478 e. The SMILES string of the molecule is CC(C)(C)CNc1c(C#N)cnc2c(Br)cc(NC(c3cccc(C(=O)O)c3)c3cn(C4CC4)nn3)cc12. The molecule has 2 aromatic carbocycles. The first-order valence-electron chi connectivity index (χ1n) is 12.4. The lowest BCUT2D eigenvalue weighted by Crippen LogP contribution is -2.20. The number of nitrogens with zero attached hydrogens (tertiary/aromatic N) is 5. The number of rotatable bonds is 8. The molecule has 1 aliphatic rings. The molecular formula is C28H28BrN7O2. The van der Waals surface area contributed by atoms with E-state index in [1.165, 1.54) is 0 Å². The Kier molecular flexibility index (Phi) is 6.80. The van der Waals surface area contributed by atoms with Crippen LogP contribution < -0.4 is 10.6 Å². The molecule has 0 spiro atoms. The molecule has 1 fully saturated rings. The lowest BCUT2D eigenvalue weighted by atomic mass is 9.96. The van der Waals surface area contributed by atoms with Crippen LogP contribution in [0.15, 0.2) is 53.3 Å². The van der Waals surface area contributed by atoms with Crippen LogP contribution in [-0.2, 0) is 0 Å². The lowest BCUT2D eigenvalue weighted by Gasteiger charge is -2.22. The van der Waals surface area contributed by atoms with Crippen molar-refractivity contribution in [3.63, 3.8) is 0 Å². The van der Waals surface area contributed by atoms with Crippen LogP contribution in [0.2, 0.25) is 0 Å². The van der Waals surface area contributed by atoms with Crippen molar-refractivity contribution in [2.75, 3.05) is 17.2 Å². The second kappa shape index (κ2) is 10.1. The standard InChI is InChI=1S/C28H28BrN7O2/c1-28(2,3)15-32-24-18(12-30)13-31-26-21(24)10-19(11-22(26)29)33-25(16-5-4-6-17(9-16)27(37)38)23-14-36(35-34-23)20-7-8-20/h4-6,9-11,13-14,20,25,33H,7-8,15H2,1-3H3,(H,31,32)(H,37,38). The number of benzene rings is 2. The first-order chi connectivity index (χ1) is 18.1. The minimum Gasteiger partial charge on any atom is -0.478 e. The van der Waals surface area contributed by atoms with Gasteiger partial charge in [0.25, 0.3) is 0 Å². The number of carbonyl (C=O) groups is 1. The van der Waals surface area contributed by atoms with E-state index in [4.69, 9.17) is 0 Å². The molecule has 3 N–H and O–H groups in total. The summed E-state index contributed by atoms with van der Waals surface area (Å²) in [5.74, 6) is -0.995. The molecule has 4 aromatic rings. The second-order valence-corrected chi connectivity index (χ2v) is 11.6. The molecule has 0 radical (unpaired) electrons. The highest BCUT2D eigenvalue weighted by Crippen LogP contribution is 2.37. The number of nitrogens with one attached hydrogen (secondary N) is 2. The first-order valence-corrected chi connectivity index (χ1v) is 13.2. The van der Waals surface area contributed by atoms with Crippen molar-refractivity contribution >= 4 is 44.2 Å². The zero-order valence-electron chi connectivity index (χ0n) is 21.4. The molecule has 38 heavy (non-hydrogen) atoms. The number of carboxylic acids is 1. The van der Waals surface area contributed by atoms with Crippen molar-refractivity contribution in [3.8, 4) is 6.07 Å². The average molecular weight is 574 g/mol. The minimum absolute atomic E-state index is 0.00302. The Hall–Kier alpha value is -3.97. The number of hydrogen-bond acceptors (Lipinski definition) is 7. The van der Waals surface area contributed by atoms with Gasteiger partial charge >= 0.3 is 5.97 Å². The molecular weight excluding hydrogens is 546 g/mol. The fourth-order valence-electron chi connectivity index (χ4n) is 4.26. The molecule has 2 heterocycles. The van der Waals surface area contributed by atoms with Gasteiger partial charge in [-0.25, -0.2) is 9.48 Å². The Labute approximate surface area is 229 Å². The number of aromatic carboxylic acids is 1. The van der Waals surface area contributed by atoms with E-state index in [0.29, 0.717) is 23.8 Å². The molecule has 10 heteroatoms. The van der Waals surface area contributed by atoms with E-state index in [-0.39, 0.29) is 11.0 Å². The Morgan fingerprint density at radius 2 is 2.08 bits per heavy atom. The Morgan fingerprint density at radius 3 is 2.76 bits per heavy atom. The number of pyridine rings is 1. The van der Waals surface area contributed by atoms with Crippen LogP contribution in [0, 0.1) is 16.7 Å². The van der Waals surface area contributed by atoms with E-state index in [2.05, 4.69) is 68.7 Å². The quantitative estimate of drug-likeness (QED) is 0.229. The Bertz CT molecular complexity index is 1560. The van der Waals surface area contributed by atoms with Crippen molar-refractivity contribution in [1.29, 1.82) is 5.26 Å². The van der Waals surface area contributed by atoms with Gasteiger partial charge in [0.15, 0.2) is 0 Å².